The smallest absolute Gasteiger partial charge is 0.329 e. The van der Waals surface area contributed by atoms with Gasteiger partial charge in [0.2, 0.25) is 0 Å². The second kappa shape index (κ2) is 5.83. The van der Waals surface area contributed by atoms with Gasteiger partial charge in [-0.25, -0.2) is 9.59 Å². The molecule has 20 heavy (non-hydrogen) atoms. The summed E-state index contributed by atoms with van der Waals surface area (Å²) in [5.41, 5.74) is -1.08. The summed E-state index contributed by atoms with van der Waals surface area (Å²) in [4.78, 5) is 27.3. The van der Waals surface area contributed by atoms with Crippen molar-refractivity contribution in [1.29, 1.82) is 0 Å². The van der Waals surface area contributed by atoms with Gasteiger partial charge in [-0.1, -0.05) is 6.92 Å². The lowest BCUT2D eigenvalue weighted by Crippen LogP contribution is -2.53. The van der Waals surface area contributed by atoms with E-state index in [0.29, 0.717) is 19.5 Å². The fraction of sp³-hybridized carbons (Fsp3) is 0.571. The first-order valence-electron chi connectivity index (χ1n) is 6.84. The second-order valence-electron chi connectivity index (χ2n) is 5.21. The number of aliphatic carboxylic acids is 1. The Morgan fingerprint density at radius 1 is 1.45 bits per heavy atom. The lowest BCUT2D eigenvalue weighted by atomic mass is 10.00. The van der Waals surface area contributed by atoms with Crippen molar-refractivity contribution < 1.29 is 14.7 Å². The summed E-state index contributed by atoms with van der Waals surface area (Å²) in [7, 11) is 0. The molecule has 2 N–H and O–H groups in total. The van der Waals surface area contributed by atoms with Crippen LogP contribution in [0.25, 0.3) is 0 Å². The zero-order chi connectivity index (χ0) is 14.8. The number of thiophene rings is 1. The molecule has 2 amide bonds. The molecule has 2 rings (SSSR count). The van der Waals surface area contributed by atoms with Gasteiger partial charge in [-0.15, -0.1) is 11.3 Å². The molecule has 0 saturated carbocycles. The summed E-state index contributed by atoms with van der Waals surface area (Å²) < 4.78 is 0. The van der Waals surface area contributed by atoms with Crippen molar-refractivity contribution in [2.75, 3.05) is 6.54 Å². The van der Waals surface area contributed by atoms with Gasteiger partial charge in [0.05, 0.1) is 6.54 Å². The maximum Gasteiger partial charge on any atom is 0.329 e. The van der Waals surface area contributed by atoms with Crippen molar-refractivity contribution in [3.63, 3.8) is 0 Å². The van der Waals surface area contributed by atoms with Crippen molar-refractivity contribution in [1.82, 2.24) is 10.2 Å². The maximum atomic E-state index is 12.2. The van der Waals surface area contributed by atoms with Crippen LogP contribution in [0.15, 0.2) is 12.1 Å². The number of nitrogens with zero attached hydrogens (tertiary/aromatic N) is 1. The van der Waals surface area contributed by atoms with Crippen molar-refractivity contribution in [2.45, 2.75) is 45.2 Å². The Morgan fingerprint density at radius 3 is 2.75 bits per heavy atom. The molecule has 0 radical (unpaired) electrons. The van der Waals surface area contributed by atoms with Crippen LogP contribution < -0.4 is 5.32 Å². The van der Waals surface area contributed by atoms with Gasteiger partial charge in [-0.05, 0) is 38.3 Å². The molecule has 0 aromatic carbocycles. The average molecular weight is 296 g/mol. The van der Waals surface area contributed by atoms with E-state index in [1.165, 1.54) is 9.78 Å². The highest BCUT2D eigenvalue weighted by Gasteiger charge is 2.45. The van der Waals surface area contributed by atoms with Gasteiger partial charge in [0.15, 0.2) is 0 Å². The number of nitrogens with one attached hydrogen (secondary N) is 1. The van der Waals surface area contributed by atoms with Crippen LogP contribution >= 0.6 is 11.3 Å². The molecule has 1 atom stereocenters. The number of likely N-dealkylation sites (tertiary alicyclic amines) is 1. The molecule has 2 heterocycles. The molecule has 1 aliphatic heterocycles. The largest absolute Gasteiger partial charge is 0.480 e. The van der Waals surface area contributed by atoms with Gasteiger partial charge in [0, 0.05) is 16.3 Å². The summed E-state index contributed by atoms with van der Waals surface area (Å²) >= 11 is 1.67. The highest BCUT2D eigenvalue weighted by Crippen LogP contribution is 2.29. The summed E-state index contributed by atoms with van der Waals surface area (Å²) in [6, 6.07) is 3.77. The summed E-state index contributed by atoms with van der Waals surface area (Å²) in [5.74, 6) is -0.936. The molecule has 0 aliphatic carbocycles. The molecule has 1 unspecified atom stereocenters. The number of aryl methyl sites for hydroxylation is 1. The number of carbonyl (C=O) groups is 2. The molecule has 0 bridgehead atoms. The number of amides is 2. The van der Waals surface area contributed by atoms with Crippen molar-refractivity contribution >= 4 is 23.3 Å². The monoisotopic (exact) mass is 296 g/mol. The van der Waals surface area contributed by atoms with Gasteiger partial charge in [-0.3, -0.25) is 0 Å². The Hall–Kier alpha value is -1.56. The third-order valence-electron chi connectivity index (χ3n) is 3.83. The fourth-order valence-electron chi connectivity index (χ4n) is 2.48. The van der Waals surface area contributed by atoms with E-state index in [9.17, 15) is 14.7 Å². The van der Waals surface area contributed by atoms with Crippen molar-refractivity contribution in [2.24, 2.45) is 0 Å². The molecule has 1 aliphatic rings. The SMILES string of the molecule is CCc1ccc(CNC(=O)N2CCCC2(C)C(=O)O)s1. The normalized spacial score (nSPS) is 22.0. The first-order chi connectivity index (χ1) is 9.47. The van der Waals surface area contributed by atoms with Crippen molar-refractivity contribution in [3.05, 3.63) is 21.9 Å². The van der Waals surface area contributed by atoms with Gasteiger partial charge in [0.1, 0.15) is 5.54 Å². The molecule has 1 aromatic rings. The minimum absolute atomic E-state index is 0.293. The predicted molar refractivity (Wildman–Crippen MR) is 77.9 cm³/mol. The molecular formula is C14H20N2O3S. The quantitative estimate of drug-likeness (QED) is 0.896. The zero-order valence-electron chi connectivity index (χ0n) is 11.8. The third-order valence-corrected chi connectivity index (χ3v) is 5.06. The van der Waals surface area contributed by atoms with E-state index in [4.69, 9.17) is 0 Å². The van der Waals surface area contributed by atoms with Gasteiger partial charge in [-0.2, -0.15) is 0 Å². The van der Waals surface area contributed by atoms with Crippen LogP contribution in [0, 0.1) is 0 Å². The average Bonchev–Trinajstić information content (AvgIpc) is 3.03. The summed E-state index contributed by atoms with van der Waals surface area (Å²) in [6.07, 6.45) is 2.23. The Morgan fingerprint density at radius 2 is 2.15 bits per heavy atom. The van der Waals surface area contributed by atoms with Crippen LogP contribution in [0.3, 0.4) is 0 Å². The number of rotatable bonds is 4. The fourth-order valence-corrected chi connectivity index (χ4v) is 3.37. The molecule has 1 aromatic heterocycles. The number of carboxylic acids is 1. The Kier molecular flexibility index (Phi) is 4.32. The molecule has 6 heteroatoms. The molecule has 0 spiro atoms. The molecule has 1 saturated heterocycles. The predicted octanol–water partition coefficient (Wildman–Crippen LogP) is 2.46. The third kappa shape index (κ3) is 2.80. The van der Waals surface area contributed by atoms with Crippen LogP contribution in [0.1, 0.15) is 36.4 Å². The van der Waals surface area contributed by atoms with Crippen LogP contribution in [0.4, 0.5) is 4.79 Å². The highest BCUT2D eigenvalue weighted by molar-refractivity contribution is 7.11. The van der Waals surface area contributed by atoms with E-state index in [1.807, 2.05) is 6.07 Å². The lowest BCUT2D eigenvalue weighted by molar-refractivity contribution is -0.147. The van der Waals surface area contributed by atoms with E-state index in [-0.39, 0.29) is 6.03 Å². The van der Waals surface area contributed by atoms with Gasteiger partial charge in [0.25, 0.3) is 0 Å². The van der Waals surface area contributed by atoms with Crippen LogP contribution in [-0.4, -0.2) is 34.1 Å². The van der Waals surface area contributed by atoms with E-state index in [1.54, 1.807) is 18.3 Å². The lowest BCUT2D eigenvalue weighted by Gasteiger charge is -2.31. The number of carboxylic acid groups (broad SMARTS) is 1. The topological polar surface area (TPSA) is 69.6 Å². The minimum atomic E-state index is -1.08. The minimum Gasteiger partial charge on any atom is -0.480 e. The van der Waals surface area contributed by atoms with Crippen LogP contribution in [0.5, 0.6) is 0 Å². The second-order valence-corrected chi connectivity index (χ2v) is 6.47. The standard InChI is InChI=1S/C14H20N2O3S/c1-3-10-5-6-11(20-10)9-15-13(19)16-8-4-7-14(16,2)12(17)18/h5-6H,3-4,7-9H2,1-2H3,(H,15,19)(H,17,18). The van der Waals surface area contributed by atoms with Gasteiger partial charge >= 0.3 is 12.0 Å². The first kappa shape index (κ1) is 14.8. The number of hydrogen-bond donors (Lipinski definition) is 2. The Labute approximate surface area is 122 Å². The van der Waals surface area contributed by atoms with E-state index < -0.39 is 11.5 Å². The number of hydrogen-bond acceptors (Lipinski definition) is 3. The van der Waals surface area contributed by atoms with Crippen molar-refractivity contribution in [3.8, 4) is 0 Å². The molecule has 1 fully saturated rings. The Bertz CT molecular complexity index is 514. The number of carbonyl (C=O) groups excluding carboxylic acids is 1. The zero-order valence-corrected chi connectivity index (χ0v) is 12.6. The van der Waals surface area contributed by atoms with Crippen LogP contribution in [-0.2, 0) is 17.8 Å². The summed E-state index contributed by atoms with van der Waals surface area (Å²) in [6.45, 7) is 4.66. The Balaban J connectivity index is 1.96. The molecule has 110 valence electrons. The van der Waals surface area contributed by atoms with E-state index in [2.05, 4.69) is 18.3 Å². The number of urea groups is 1. The van der Waals surface area contributed by atoms with Crippen LogP contribution in [0.2, 0.25) is 0 Å². The molecular weight excluding hydrogens is 276 g/mol. The van der Waals surface area contributed by atoms with E-state index >= 15 is 0 Å². The molecule has 5 nitrogen and oxygen atoms in total. The highest BCUT2D eigenvalue weighted by atomic mass is 32.1. The maximum absolute atomic E-state index is 12.2. The summed E-state index contributed by atoms with van der Waals surface area (Å²) in [5, 5.41) is 12.1. The first-order valence-corrected chi connectivity index (χ1v) is 7.65. The van der Waals surface area contributed by atoms with E-state index in [0.717, 1.165) is 17.7 Å². The van der Waals surface area contributed by atoms with Gasteiger partial charge < -0.3 is 15.3 Å².